The van der Waals surface area contributed by atoms with E-state index in [1.807, 2.05) is 13.8 Å². The van der Waals surface area contributed by atoms with Crippen molar-refractivity contribution in [1.82, 2.24) is 10.6 Å². The van der Waals surface area contributed by atoms with Crippen LogP contribution in [-0.2, 0) is 4.74 Å². The first-order chi connectivity index (χ1) is 7.59. The molecule has 0 bridgehead atoms. The van der Waals surface area contributed by atoms with Crippen LogP contribution in [0.4, 0.5) is 4.79 Å². The Labute approximate surface area is 98.1 Å². The van der Waals surface area contributed by atoms with Crippen molar-refractivity contribution in [2.75, 3.05) is 26.2 Å². The van der Waals surface area contributed by atoms with Gasteiger partial charge in [-0.25, -0.2) is 4.79 Å². The number of hydrogen-bond donors (Lipinski definition) is 2. The molecule has 0 aromatic heterocycles. The molecular formula is C12H24N2O2. The standard InChI is InChI=1S/C12H24N2O2/c1-9(2)8-16-12(15)14-7-11-6-13-5-4-10(11)3/h9-11,13H,4-8H2,1-3H3,(H,14,15). The molecule has 1 aliphatic rings. The molecule has 4 nitrogen and oxygen atoms in total. The van der Waals surface area contributed by atoms with Crippen molar-refractivity contribution < 1.29 is 9.53 Å². The monoisotopic (exact) mass is 228 g/mol. The third-order valence-electron chi connectivity index (χ3n) is 3.04. The van der Waals surface area contributed by atoms with E-state index >= 15 is 0 Å². The van der Waals surface area contributed by atoms with Gasteiger partial charge in [0.15, 0.2) is 0 Å². The maximum atomic E-state index is 11.3. The van der Waals surface area contributed by atoms with Crippen molar-refractivity contribution in [1.29, 1.82) is 0 Å². The fraction of sp³-hybridized carbons (Fsp3) is 0.917. The van der Waals surface area contributed by atoms with Gasteiger partial charge in [-0.05, 0) is 37.3 Å². The summed E-state index contributed by atoms with van der Waals surface area (Å²) in [6, 6.07) is 0. The van der Waals surface area contributed by atoms with Crippen molar-refractivity contribution in [2.24, 2.45) is 17.8 Å². The molecule has 2 atom stereocenters. The van der Waals surface area contributed by atoms with E-state index in [9.17, 15) is 4.79 Å². The summed E-state index contributed by atoms with van der Waals surface area (Å²) in [6.45, 7) is 9.59. The van der Waals surface area contributed by atoms with Crippen LogP contribution in [0.2, 0.25) is 0 Å². The Morgan fingerprint density at radius 3 is 2.94 bits per heavy atom. The molecule has 1 fully saturated rings. The zero-order valence-corrected chi connectivity index (χ0v) is 10.6. The van der Waals surface area contributed by atoms with Gasteiger partial charge in [-0.15, -0.1) is 0 Å². The minimum absolute atomic E-state index is 0.286. The minimum Gasteiger partial charge on any atom is -0.449 e. The van der Waals surface area contributed by atoms with Crippen LogP contribution in [-0.4, -0.2) is 32.3 Å². The van der Waals surface area contributed by atoms with E-state index < -0.39 is 0 Å². The SMILES string of the molecule is CC(C)COC(=O)NCC1CNCCC1C. The maximum Gasteiger partial charge on any atom is 0.407 e. The van der Waals surface area contributed by atoms with E-state index in [-0.39, 0.29) is 6.09 Å². The average molecular weight is 228 g/mol. The normalized spacial score (nSPS) is 25.5. The number of piperidine rings is 1. The van der Waals surface area contributed by atoms with Gasteiger partial charge < -0.3 is 15.4 Å². The molecule has 1 aliphatic heterocycles. The highest BCUT2D eigenvalue weighted by Gasteiger charge is 2.21. The van der Waals surface area contributed by atoms with Crippen LogP contribution in [0.1, 0.15) is 27.2 Å². The van der Waals surface area contributed by atoms with Crippen LogP contribution in [0.25, 0.3) is 0 Å². The molecule has 1 rings (SSSR count). The first-order valence-electron chi connectivity index (χ1n) is 6.21. The Balaban J connectivity index is 2.15. The fourth-order valence-corrected chi connectivity index (χ4v) is 1.84. The number of hydrogen-bond acceptors (Lipinski definition) is 3. The summed E-state index contributed by atoms with van der Waals surface area (Å²) in [7, 11) is 0. The lowest BCUT2D eigenvalue weighted by molar-refractivity contribution is 0.129. The number of alkyl carbamates (subject to hydrolysis) is 1. The van der Waals surface area contributed by atoms with Crippen LogP contribution in [0, 0.1) is 17.8 Å². The summed E-state index contributed by atoms with van der Waals surface area (Å²) in [4.78, 5) is 11.3. The Morgan fingerprint density at radius 1 is 1.56 bits per heavy atom. The van der Waals surface area contributed by atoms with Gasteiger partial charge in [0.05, 0.1) is 6.61 Å². The first-order valence-corrected chi connectivity index (χ1v) is 6.21. The quantitative estimate of drug-likeness (QED) is 0.768. The molecule has 2 N–H and O–H groups in total. The van der Waals surface area contributed by atoms with Gasteiger partial charge in [-0.3, -0.25) is 0 Å². The molecule has 1 saturated heterocycles. The van der Waals surface area contributed by atoms with E-state index in [0.717, 1.165) is 13.1 Å². The number of amides is 1. The molecule has 1 heterocycles. The van der Waals surface area contributed by atoms with Gasteiger partial charge in [0.1, 0.15) is 0 Å². The van der Waals surface area contributed by atoms with Gasteiger partial charge in [-0.2, -0.15) is 0 Å². The van der Waals surface area contributed by atoms with Crippen LogP contribution in [0.3, 0.4) is 0 Å². The number of carbonyl (C=O) groups is 1. The lowest BCUT2D eigenvalue weighted by Gasteiger charge is -2.29. The van der Waals surface area contributed by atoms with Gasteiger partial charge in [-0.1, -0.05) is 20.8 Å². The number of nitrogens with one attached hydrogen (secondary N) is 2. The Kier molecular flexibility index (Phi) is 5.60. The molecule has 94 valence electrons. The second-order valence-electron chi connectivity index (χ2n) is 5.10. The highest BCUT2D eigenvalue weighted by Crippen LogP contribution is 2.17. The van der Waals surface area contributed by atoms with Crippen molar-refractivity contribution in [3.63, 3.8) is 0 Å². The third kappa shape index (κ3) is 4.84. The molecular weight excluding hydrogens is 204 g/mol. The van der Waals surface area contributed by atoms with E-state index in [1.165, 1.54) is 6.42 Å². The zero-order valence-electron chi connectivity index (χ0n) is 10.6. The predicted molar refractivity (Wildman–Crippen MR) is 64.3 cm³/mol. The molecule has 0 aromatic carbocycles. The second-order valence-corrected chi connectivity index (χ2v) is 5.10. The summed E-state index contributed by atoms with van der Waals surface area (Å²) in [6.07, 6.45) is 0.902. The van der Waals surface area contributed by atoms with E-state index in [4.69, 9.17) is 4.74 Å². The van der Waals surface area contributed by atoms with Crippen LogP contribution >= 0.6 is 0 Å². The van der Waals surface area contributed by atoms with E-state index in [2.05, 4.69) is 17.6 Å². The average Bonchev–Trinajstić information content (AvgIpc) is 2.25. The number of rotatable bonds is 4. The molecule has 0 aromatic rings. The van der Waals surface area contributed by atoms with E-state index in [0.29, 0.717) is 30.9 Å². The summed E-state index contributed by atoms with van der Waals surface area (Å²) in [5.41, 5.74) is 0. The van der Waals surface area contributed by atoms with Gasteiger partial charge in [0.25, 0.3) is 0 Å². The predicted octanol–water partition coefficient (Wildman–Crippen LogP) is 1.61. The van der Waals surface area contributed by atoms with Crippen LogP contribution in [0.15, 0.2) is 0 Å². The lowest BCUT2D eigenvalue weighted by atomic mass is 9.88. The Morgan fingerprint density at radius 2 is 2.31 bits per heavy atom. The molecule has 0 saturated carbocycles. The topological polar surface area (TPSA) is 50.4 Å². The maximum absolute atomic E-state index is 11.3. The largest absolute Gasteiger partial charge is 0.449 e. The van der Waals surface area contributed by atoms with Crippen molar-refractivity contribution >= 4 is 6.09 Å². The fourth-order valence-electron chi connectivity index (χ4n) is 1.84. The highest BCUT2D eigenvalue weighted by atomic mass is 16.5. The summed E-state index contributed by atoms with van der Waals surface area (Å²) in [5, 5.41) is 6.18. The summed E-state index contributed by atoms with van der Waals surface area (Å²) >= 11 is 0. The molecule has 0 spiro atoms. The third-order valence-corrected chi connectivity index (χ3v) is 3.04. The van der Waals surface area contributed by atoms with Gasteiger partial charge >= 0.3 is 6.09 Å². The summed E-state index contributed by atoms with van der Waals surface area (Å²) < 4.78 is 5.06. The number of ether oxygens (including phenoxy) is 1. The second kappa shape index (κ2) is 6.74. The Bertz CT molecular complexity index is 219. The molecule has 2 unspecified atom stereocenters. The molecule has 0 aliphatic carbocycles. The highest BCUT2D eigenvalue weighted by molar-refractivity contribution is 5.67. The van der Waals surface area contributed by atoms with Crippen LogP contribution in [0.5, 0.6) is 0 Å². The van der Waals surface area contributed by atoms with E-state index in [1.54, 1.807) is 0 Å². The van der Waals surface area contributed by atoms with Crippen molar-refractivity contribution in [3.8, 4) is 0 Å². The van der Waals surface area contributed by atoms with Crippen molar-refractivity contribution in [2.45, 2.75) is 27.2 Å². The van der Waals surface area contributed by atoms with Gasteiger partial charge in [0.2, 0.25) is 0 Å². The molecule has 16 heavy (non-hydrogen) atoms. The summed E-state index contributed by atoms with van der Waals surface area (Å²) in [5.74, 6) is 1.59. The molecule has 1 amide bonds. The minimum atomic E-state index is -0.286. The number of carbonyl (C=O) groups excluding carboxylic acids is 1. The first kappa shape index (κ1) is 13.3. The van der Waals surface area contributed by atoms with Gasteiger partial charge in [0, 0.05) is 6.54 Å². The lowest BCUT2D eigenvalue weighted by Crippen LogP contribution is -2.42. The van der Waals surface area contributed by atoms with Crippen molar-refractivity contribution in [3.05, 3.63) is 0 Å². The molecule has 4 heteroatoms. The zero-order chi connectivity index (χ0) is 12.0. The smallest absolute Gasteiger partial charge is 0.407 e. The van der Waals surface area contributed by atoms with Crippen LogP contribution < -0.4 is 10.6 Å². The molecule has 0 radical (unpaired) electrons. The Hall–Kier alpha value is -0.770.